The molecule has 1 aromatic rings. The number of rotatable bonds is 3. The summed E-state index contributed by atoms with van der Waals surface area (Å²) in [5, 5.41) is 5.64. The number of hydrogen-bond donors (Lipinski definition) is 2. The molecule has 2 amide bonds. The second-order valence-electron chi connectivity index (χ2n) is 6.77. The number of nitrogens with one attached hydrogen (secondary N) is 2. The molecule has 0 heterocycles. The maximum absolute atomic E-state index is 12.4. The topological polar surface area (TPSA) is 58.2 Å². The summed E-state index contributed by atoms with van der Waals surface area (Å²) >= 11 is 3.41. The van der Waals surface area contributed by atoms with Gasteiger partial charge in [-0.15, -0.1) is 0 Å². The van der Waals surface area contributed by atoms with Crippen LogP contribution in [0.1, 0.15) is 40.2 Å². The summed E-state index contributed by atoms with van der Waals surface area (Å²) in [4.78, 5) is 24.7. The largest absolute Gasteiger partial charge is 0.351 e. The Kier molecular flexibility index (Phi) is 5.20. The average Bonchev–Trinajstić information content (AvgIpc) is 2.30. The maximum atomic E-state index is 12.4. The monoisotopic (exact) mass is 354 g/mol. The molecule has 0 fully saturated rings. The summed E-state index contributed by atoms with van der Waals surface area (Å²) in [5.41, 5.74) is 0.211. The van der Waals surface area contributed by atoms with Gasteiger partial charge in [0.2, 0.25) is 11.8 Å². The van der Waals surface area contributed by atoms with E-state index in [0.717, 1.165) is 10.0 Å². The van der Waals surface area contributed by atoms with E-state index in [1.54, 1.807) is 13.8 Å². The first-order chi connectivity index (χ1) is 9.43. The van der Waals surface area contributed by atoms with E-state index < -0.39 is 5.41 Å². The van der Waals surface area contributed by atoms with Crippen LogP contribution < -0.4 is 10.6 Å². The van der Waals surface area contributed by atoms with E-state index >= 15 is 0 Å². The molecule has 0 bridgehead atoms. The summed E-state index contributed by atoms with van der Waals surface area (Å²) < 4.78 is 0.794. The molecule has 0 saturated heterocycles. The first kappa shape index (κ1) is 17.7. The molecule has 5 heteroatoms. The van der Waals surface area contributed by atoms with Crippen molar-refractivity contribution >= 4 is 33.4 Å². The van der Waals surface area contributed by atoms with Gasteiger partial charge in [0.1, 0.15) is 5.41 Å². The van der Waals surface area contributed by atoms with Crippen molar-refractivity contribution in [3.8, 4) is 0 Å². The number of aryl methyl sites for hydroxylation is 1. The number of carbonyl (C=O) groups excluding carboxylic acids is 2. The Balaban J connectivity index is 2.89. The minimum Gasteiger partial charge on any atom is -0.351 e. The molecule has 0 aromatic heterocycles. The molecule has 1 aromatic carbocycles. The normalized spacial score (nSPS) is 12.0. The fourth-order valence-corrected chi connectivity index (χ4v) is 2.19. The third-order valence-electron chi connectivity index (χ3n) is 3.00. The Morgan fingerprint density at radius 1 is 1.05 bits per heavy atom. The number of amides is 2. The molecule has 116 valence electrons. The lowest BCUT2D eigenvalue weighted by Gasteiger charge is -2.28. The molecule has 0 aliphatic heterocycles. The van der Waals surface area contributed by atoms with Crippen molar-refractivity contribution in [1.29, 1.82) is 0 Å². The van der Waals surface area contributed by atoms with E-state index in [1.807, 2.05) is 45.9 Å². The zero-order valence-electron chi connectivity index (χ0n) is 13.4. The Bertz CT molecular complexity index is 560. The Labute approximate surface area is 134 Å². The molecular formula is C16H23BrN2O2. The minimum absolute atomic E-state index is 0.296. The van der Waals surface area contributed by atoms with E-state index in [9.17, 15) is 9.59 Å². The minimum atomic E-state index is -1.16. The van der Waals surface area contributed by atoms with Crippen LogP contribution in [-0.4, -0.2) is 17.4 Å². The lowest BCUT2D eigenvalue weighted by atomic mass is 9.89. The highest BCUT2D eigenvalue weighted by Crippen LogP contribution is 2.26. The first-order valence-electron chi connectivity index (χ1n) is 6.84. The van der Waals surface area contributed by atoms with Crippen LogP contribution >= 0.6 is 15.9 Å². The van der Waals surface area contributed by atoms with Gasteiger partial charge >= 0.3 is 0 Å². The Hall–Kier alpha value is -1.36. The molecule has 0 atom stereocenters. The van der Waals surface area contributed by atoms with Crippen LogP contribution in [0, 0.1) is 12.3 Å². The summed E-state index contributed by atoms with van der Waals surface area (Å²) in [6.07, 6.45) is 0. The van der Waals surface area contributed by atoms with Gasteiger partial charge in [-0.25, -0.2) is 0 Å². The van der Waals surface area contributed by atoms with Gasteiger partial charge in [-0.05, 0) is 75.2 Å². The van der Waals surface area contributed by atoms with Crippen LogP contribution in [0.3, 0.4) is 0 Å². The Morgan fingerprint density at radius 2 is 1.62 bits per heavy atom. The van der Waals surface area contributed by atoms with Crippen molar-refractivity contribution in [2.75, 3.05) is 5.32 Å². The van der Waals surface area contributed by atoms with Crippen LogP contribution in [0.15, 0.2) is 22.7 Å². The van der Waals surface area contributed by atoms with Gasteiger partial charge in [-0.3, -0.25) is 9.59 Å². The third kappa shape index (κ3) is 4.84. The smallest absolute Gasteiger partial charge is 0.239 e. The van der Waals surface area contributed by atoms with E-state index in [0.29, 0.717) is 5.69 Å². The molecule has 0 unspecified atom stereocenters. The zero-order valence-corrected chi connectivity index (χ0v) is 15.0. The molecule has 1 rings (SSSR count). The fourth-order valence-electron chi connectivity index (χ4n) is 1.60. The van der Waals surface area contributed by atoms with Gasteiger partial charge < -0.3 is 10.6 Å². The summed E-state index contributed by atoms with van der Waals surface area (Å²) in [7, 11) is 0. The fraction of sp³-hybridized carbons (Fsp3) is 0.500. The van der Waals surface area contributed by atoms with Crippen molar-refractivity contribution in [2.24, 2.45) is 5.41 Å². The number of benzene rings is 1. The summed E-state index contributed by atoms with van der Waals surface area (Å²) in [6, 6.07) is 5.63. The van der Waals surface area contributed by atoms with Gasteiger partial charge in [0.05, 0.1) is 5.69 Å². The summed E-state index contributed by atoms with van der Waals surface area (Å²) in [6.45, 7) is 10.9. The number of carbonyl (C=O) groups is 2. The predicted molar refractivity (Wildman–Crippen MR) is 89.2 cm³/mol. The van der Waals surface area contributed by atoms with Crippen LogP contribution in [0.25, 0.3) is 0 Å². The van der Waals surface area contributed by atoms with Gasteiger partial charge in [-0.1, -0.05) is 6.07 Å². The Morgan fingerprint density at radius 3 is 2.10 bits per heavy atom. The van der Waals surface area contributed by atoms with Crippen molar-refractivity contribution < 1.29 is 9.59 Å². The molecule has 0 saturated carbocycles. The predicted octanol–water partition coefficient (Wildman–Crippen LogP) is 3.64. The number of anilines is 1. The second-order valence-corrected chi connectivity index (χ2v) is 7.62. The highest BCUT2D eigenvalue weighted by atomic mass is 79.9. The van der Waals surface area contributed by atoms with E-state index in [1.165, 1.54) is 0 Å². The first-order valence-corrected chi connectivity index (χ1v) is 7.63. The average molecular weight is 355 g/mol. The van der Waals surface area contributed by atoms with E-state index in [2.05, 4.69) is 26.6 Å². The zero-order chi connectivity index (χ0) is 16.4. The van der Waals surface area contributed by atoms with Gasteiger partial charge in [-0.2, -0.15) is 0 Å². The van der Waals surface area contributed by atoms with E-state index in [-0.39, 0.29) is 17.4 Å². The lowest BCUT2D eigenvalue weighted by molar-refractivity contribution is -0.139. The van der Waals surface area contributed by atoms with Crippen LogP contribution in [0.2, 0.25) is 0 Å². The summed E-state index contributed by atoms with van der Waals surface area (Å²) in [5.74, 6) is -0.635. The third-order valence-corrected chi connectivity index (χ3v) is 3.65. The molecule has 0 aliphatic rings. The van der Waals surface area contributed by atoms with Gasteiger partial charge in [0.25, 0.3) is 0 Å². The maximum Gasteiger partial charge on any atom is 0.239 e. The lowest BCUT2D eigenvalue weighted by Crippen LogP contribution is -2.51. The second kappa shape index (κ2) is 6.18. The molecule has 0 aliphatic carbocycles. The van der Waals surface area contributed by atoms with Gasteiger partial charge in [0.15, 0.2) is 0 Å². The quantitative estimate of drug-likeness (QED) is 0.814. The van der Waals surface area contributed by atoms with Crippen molar-refractivity contribution in [2.45, 2.75) is 47.1 Å². The van der Waals surface area contributed by atoms with Crippen molar-refractivity contribution in [3.63, 3.8) is 0 Å². The van der Waals surface area contributed by atoms with Crippen LogP contribution in [0.4, 0.5) is 5.69 Å². The number of hydrogen-bond acceptors (Lipinski definition) is 2. The highest BCUT2D eigenvalue weighted by molar-refractivity contribution is 9.10. The molecule has 0 radical (unpaired) electrons. The van der Waals surface area contributed by atoms with Crippen molar-refractivity contribution in [3.05, 3.63) is 28.2 Å². The van der Waals surface area contributed by atoms with E-state index in [4.69, 9.17) is 0 Å². The number of halogens is 1. The molecule has 21 heavy (non-hydrogen) atoms. The van der Waals surface area contributed by atoms with Crippen LogP contribution in [0.5, 0.6) is 0 Å². The molecular weight excluding hydrogens is 332 g/mol. The molecule has 4 nitrogen and oxygen atoms in total. The standard InChI is InChI=1S/C16H23BrN2O2/c1-10-7-8-12(11(17)9-10)18-13(20)16(5,6)14(21)19-15(2,3)4/h7-9H,1-6H3,(H,18,20)(H,19,21). The molecule has 0 spiro atoms. The van der Waals surface area contributed by atoms with Crippen molar-refractivity contribution in [1.82, 2.24) is 5.32 Å². The van der Waals surface area contributed by atoms with Gasteiger partial charge in [0, 0.05) is 10.0 Å². The van der Waals surface area contributed by atoms with Crippen LogP contribution in [-0.2, 0) is 9.59 Å². The molecule has 2 N–H and O–H groups in total. The highest BCUT2D eigenvalue weighted by Gasteiger charge is 2.37. The SMILES string of the molecule is Cc1ccc(NC(=O)C(C)(C)C(=O)NC(C)(C)C)c(Br)c1.